The summed E-state index contributed by atoms with van der Waals surface area (Å²) in [6.07, 6.45) is 4.49. The number of aliphatic hydroxyl groups excluding tert-OH is 1. The third-order valence-corrected chi connectivity index (χ3v) is 7.40. The van der Waals surface area contributed by atoms with Gasteiger partial charge < -0.3 is 29.5 Å². The topological polar surface area (TPSA) is 112 Å². The number of methoxy groups -OCH3 is 1. The number of hydrogen-bond donors (Lipinski definition) is 3. The van der Waals surface area contributed by atoms with Crippen molar-refractivity contribution in [3.63, 3.8) is 0 Å². The zero-order valence-electron chi connectivity index (χ0n) is 22.2. The van der Waals surface area contributed by atoms with Gasteiger partial charge in [0.25, 0.3) is 0 Å². The first-order chi connectivity index (χ1) is 17.4. The lowest BCUT2D eigenvalue weighted by Crippen LogP contribution is -2.58. The summed E-state index contributed by atoms with van der Waals surface area (Å²) in [6.45, 7) is 4.44. The van der Waals surface area contributed by atoms with Crippen LogP contribution in [-0.2, 0) is 16.0 Å². The van der Waals surface area contributed by atoms with Gasteiger partial charge in [-0.3, -0.25) is 10.1 Å². The number of allylic oxidation sites excluding steroid dienone is 3. The molecular weight excluding hydrogens is 498 g/mol. The normalized spacial score (nSPS) is 31.0. The molecule has 4 bridgehead atoms. The molecule has 9 nitrogen and oxygen atoms in total. The van der Waals surface area contributed by atoms with Crippen molar-refractivity contribution in [3.05, 3.63) is 46.5 Å². The van der Waals surface area contributed by atoms with Gasteiger partial charge in [-0.1, -0.05) is 42.3 Å². The molecule has 1 aromatic carbocycles. The van der Waals surface area contributed by atoms with Gasteiger partial charge in [0.05, 0.1) is 18.9 Å². The molecule has 37 heavy (non-hydrogen) atoms. The van der Waals surface area contributed by atoms with E-state index in [4.69, 9.17) is 21.1 Å². The van der Waals surface area contributed by atoms with Crippen LogP contribution in [0.5, 0.6) is 5.75 Å². The molecule has 1 aromatic rings. The first-order valence-electron chi connectivity index (χ1n) is 12.5. The van der Waals surface area contributed by atoms with Crippen LogP contribution in [0.4, 0.5) is 10.5 Å². The molecule has 0 spiro atoms. The van der Waals surface area contributed by atoms with Crippen LogP contribution in [0, 0.1) is 5.92 Å². The summed E-state index contributed by atoms with van der Waals surface area (Å²) in [4.78, 5) is 28.6. The van der Waals surface area contributed by atoms with Crippen molar-refractivity contribution in [1.82, 2.24) is 10.2 Å². The maximum absolute atomic E-state index is 13.0. The number of amides is 2. The van der Waals surface area contributed by atoms with Crippen molar-refractivity contribution in [3.8, 4) is 5.75 Å². The van der Waals surface area contributed by atoms with Crippen LogP contribution in [-0.4, -0.2) is 79.3 Å². The van der Waals surface area contributed by atoms with E-state index < -0.39 is 29.9 Å². The number of fused-ring (bicyclic) bond motifs is 4. The van der Waals surface area contributed by atoms with Gasteiger partial charge in [-0.05, 0) is 38.1 Å². The fourth-order valence-corrected chi connectivity index (χ4v) is 4.95. The van der Waals surface area contributed by atoms with Gasteiger partial charge >= 0.3 is 6.09 Å². The van der Waals surface area contributed by atoms with Crippen molar-refractivity contribution in [2.24, 2.45) is 5.92 Å². The number of likely N-dealkylation sites (N-methyl/N-ethyl adjacent to an activating group) is 1. The highest BCUT2D eigenvalue weighted by atomic mass is 35.5. The molecule has 0 aromatic heterocycles. The molecule has 1 unspecified atom stereocenters. The van der Waals surface area contributed by atoms with Gasteiger partial charge in [0.2, 0.25) is 5.91 Å². The zero-order chi connectivity index (χ0) is 27.3. The van der Waals surface area contributed by atoms with Crippen molar-refractivity contribution in [2.75, 3.05) is 39.2 Å². The van der Waals surface area contributed by atoms with Crippen molar-refractivity contribution in [1.29, 1.82) is 0 Å². The average Bonchev–Trinajstić information content (AvgIpc) is 2.84. The molecule has 2 heterocycles. The average molecular weight is 536 g/mol. The summed E-state index contributed by atoms with van der Waals surface area (Å²) in [5.74, 6) is -0.0675. The molecule has 10 heteroatoms. The Hall–Kier alpha value is -2.59. The van der Waals surface area contributed by atoms with Crippen molar-refractivity contribution >= 4 is 29.3 Å². The Bertz CT molecular complexity index is 1060. The van der Waals surface area contributed by atoms with E-state index in [-0.39, 0.29) is 31.7 Å². The van der Waals surface area contributed by atoms with Gasteiger partial charge in [0.15, 0.2) is 0 Å². The van der Waals surface area contributed by atoms with E-state index in [1.54, 1.807) is 20.0 Å². The second-order valence-corrected chi connectivity index (χ2v) is 10.5. The van der Waals surface area contributed by atoms with E-state index in [1.807, 2.05) is 43.2 Å². The molecule has 204 valence electrons. The number of halogens is 1. The highest BCUT2D eigenvalue weighted by Gasteiger charge is 2.42. The molecule has 2 aliphatic heterocycles. The number of nitrogens with zero attached hydrogens (tertiary/aromatic N) is 2. The van der Waals surface area contributed by atoms with Crippen LogP contribution in [0.15, 0.2) is 35.9 Å². The second-order valence-electron chi connectivity index (χ2n) is 10.1. The lowest BCUT2D eigenvalue weighted by Gasteiger charge is -2.40. The van der Waals surface area contributed by atoms with E-state index in [2.05, 4.69) is 5.32 Å². The SMILES string of the molecule is COc1cc2cc(c1Cl)N(C)C(=O)CCN(C)CC(O)[C@H](C)[C@@H]1C[C@](O)(C/C=C/C=C(\C)C2)NC(=O)O1. The van der Waals surface area contributed by atoms with Gasteiger partial charge in [0, 0.05) is 45.3 Å². The van der Waals surface area contributed by atoms with E-state index in [0.29, 0.717) is 29.4 Å². The predicted molar refractivity (Wildman–Crippen MR) is 143 cm³/mol. The summed E-state index contributed by atoms with van der Waals surface area (Å²) in [6, 6.07) is 3.74. The first-order valence-corrected chi connectivity index (χ1v) is 12.8. The third kappa shape index (κ3) is 7.47. The number of nitrogens with one attached hydrogen (secondary N) is 1. The van der Waals surface area contributed by atoms with E-state index in [9.17, 15) is 19.8 Å². The van der Waals surface area contributed by atoms with Crippen LogP contribution in [0.3, 0.4) is 0 Å². The molecule has 1 fully saturated rings. The number of benzene rings is 1. The Morgan fingerprint density at radius 1 is 1.27 bits per heavy atom. The Kier molecular flexibility index (Phi) is 9.63. The quantitative estimate of drug-likeness (QED) is 0.506. The number of β-amino-alcohol motifs (C(OH)–C–C–N with tert-alkyl or cyclic N) is 1. The van der Waals surface area contributed by atoms with Crippen molar-refractivity contribution in [2.45, 2.75) is 57.5 Å². The lowest BCUT2D eigenvalue weighted by molar-refractivity contribution is -0.119. The Morgan fingerprint density at radius 2 is 2.00 bits per heavy atom. The standard InChI is InChI=1S/C27H38ClN3O6/c1-17-8-6-7-10-27(35)15-23(37-26(34)29-27)18(2)21(32)16-30(3)11-9-24(33)31(4)20-13-19(12-17)14-22(36-5)25(20)28/h6-8,13-14,18,21,23,32,35H,9-12,15-16H2,1-5H3,(H,29,34)/b7-6+,17-8+/t18-,21?,23-,27+/m0/s1. The van der Waals surface area contributed by atoms with Crippen LogP contribution in [0.2, 0.25) is 5.02 Å². The van der Waals surface area contributed by atoms with Crippen molar-refractivity contribution < 1.29 is 29.3 Å². The maximum Gasteiger partial charge on any atom is 0.409 e. The molecule has 3 N–H and O–H groups in total. The number of ether oxygens (including phenoxy) is 2. The smallest absolute Gasteiger partial charge is 0.409 e. The first kappa shape index (κ1) is 29.0. The largest absolute Gasteiger partial charge is 0.495 e. The van der Waals surface area contributed by atoms with Crippen LogP contribution >= 0.6 is 11.6 Å². The summed E-state index contributed by atoms with van der Waals surface area (Å²) in [5, 5.41) is 24.8. The van der Waals surface area contributed by atoms with E-state index >= 15 is 0 Å². The predicted octanol–water partition coefficient (Wildman–Crippen LogP) is 3.27. The van der Waals surface area contributed by atoms with Crippen LogP contribution in [0.25, 0.3) is 0 Å². The zero-order valence-corrected chi connectivity index (χ0v) is 22.9. The summed E-state index contributed by atoms with van der Waals surface area (Å²) in [7, 11) is 5.04. The molecule has 4 atom stereocenters. The number of carbonyl (C=O) groups is 2. The van der Waals surface area contributed by atoms with Gasteiger partial charge in [-0.2, -0.15) is 0 Å². The number of aliphatic hydroxyl groups is 2. The minimum Gasteiger partial charge on any atom is -0.495 e. The molecule has 3 rings (SSSR count). The fourth-order valence-electron chi connectivity index (χ4n) is 4.63. The van der Waals surface area contributed by atoms with E-state index in [1.165, 1.54) is 12.0 Å². The highest BCUT2D eigenvalue weighted by Crippen LogP contribution is 2.36. The van der Waals surface area contributed by atoms with Gasteiger partial charge in [0.1, 0.15) is 22.6 Å². The number of alkyl carbamates (subject to hydrolysis) is 1. The van der Waals surface area contributed by atoms with E-state index in [0.717, 1.165) is 11.1 Å². The second kappa shape index (κ2) is 12.3. The molecule has 1 saturated heterocycles. The van der Waals surface area contributed by atoms with Gasteiger partial charge in [-0.25, -0.2) is 4.79 Å². The molecular formula is C27H38ClN3O6. The molecule has 0 saturated carbocycles. The molecule has 0 radical (unpaired) electrons. The molecule has 2 amide bonds. The van der Waals surface area contributed by atoms with Crippen LogP contribution in [0.1, 0.15) is 38.7 Å². The Morgan fingerprint density at radius 3 is 2.70 bits per heavy atom. The number of anilines is 1. The summed E-state index contributed by atoms with van der Waals surface area (Å²) >= 11 is 6.56. The number of rotatable bonds is 1. The monoisotopic (exact) mass is 535 g/mol. The molecule has 0 aliphatic carbocycles. The third-order valence-electron chi connectivity index (χ3n) is 7.02. The minimum absolute atomic E-state index is 0.127. The van der Waals surface area contributed by atoms with Crippen LogP contribution < -0.4 is 15.0 Å². The minimum atomic E-state index is -1.48. The summed E-state index contributed by atoms with van der Waals surface area (Å²) in [5.41, 5.74) is 1.06. The maximum atomic E-state index is 13.0. The molecule has 2 aliphatic rings. The Labute approximate surface area is 223 Å². The number of carbonyl (C=O) groups excluding carboxylic acids is 2. The lowest BCUT2D eigenvalue weighted by atomic mass is 9.88. The fraction of sp³-hybridized carbons (Fsp3) is 0.556. The highest BCUT2D eigenvalue weighted by molar-refractivity contribution is 6.35. The van der Waals surface area contributed by atoms with Gasteiger partial charge in [-0.15, -0.1) is 0 Å². The number of hydrogen-bond acceptors (Lipinski definition) is 7. The summed E-state index contributed by atoms with van der Waals surface area (Å²) < 4.78 is 10.9. The Balaban J connectivity index is 1.93.